The molecule has 0 atom stereocenters. The summed E-state index contributed by atoms with van der Waals surface area (Å²) in [5.74, 6) is 1.67. The molecule has 0 heterocycles. The van der Waals surface area contributed by atoms with Gasteiger partial charge in [0.05, 0.1) is 13.7 Å². The van der Waals surface area contributed by atoms with Crippen molar-refractivity contribution in [2.24, 2.45) is 0 Å². The Morgan fingerprint density at radius 3 is 2.54 bits per heavy atom. The Balaban J connectivity index is 1.60. The van der Waals surface area contributed by atoms with E-state index >= 15 is 0 Å². The summed E-state index contributed by atoms with van der Waals surface area (Å²) < 4.78 is 23.6. The van der Waals surface area contributed by atoms with Crippen LogP contribution >= 0.6 is 11.8 Å². The van der Waals surface area contributed by atoms with Gasteiger partial charge in [-0.25, -0.2) is 4.39 Å². The molecule has 0 radical (unpaired) electrons. The van der Waals surface area contributed by atoms with Gasteiger partial charge in [0.1, 0.15) is 12.4 Å². The molecule has 0 fully saturated rings. The summed E-state index contributed by atoms with van der Waals surface area (Å²) in [7, 11) is 1.59. The predicted octanol–water partition coefficient (Wildman–Crippen LogP) is 3.51. The molecule has 0 aliphatic heterocycles. The number of hydrogen-bond donors (Lipinski definition) is 1. The van der Waals surface area contributed by atoms with Crippen LogP contribution in [-0.4, -0.2) is 31.9 Å². The molecule has 0 unspecified atom stereocenters. The Hall–Kier alpha value is -2.21. The Morgan fingerprint density at radius 1 is 1.12 bits per heavy atom. The molecular weight excluding hydrogens is 329 g/mol. The van der Waals surface area contributed by atoms with E-state index in [1.54, 1.807) is 19.2 Å². The molecule has 1 N–H and O–H groups in total. The lowest BCUT2D eigenvalue weighted by atomic mass is 10.3. The lowest BCUT2D eigenvalue weighted by Crippen LogP contribution is -2.28. The summed E-state index contributed by atoms with van der Waals surface area (Å²) in [6.07, 6.45) is 0.400. The van der Waals surface area contributed by atoms with Crippen LogP contribution in [0.2, 0.25) is 0 Å². The number of carbonyl (C=O) groups excluding carboxylic acids is 1. The van der Waals surface area contributed by atoms with Gasteiger partial charge in [-0.05, 0) is 36.4 Å². The SMILES string of the molecule is COc1ccccc1OCCNC(=O)CCSc1ccc(F)cc1. The van der Waals surface area contributed by atoms with Gasteiger partial charge in [-0.1, -0.05) is 12.1 Å². The van der Waals surface area contributed by atoms with Gasteiger partial charge >= 0.3 is 0 Å². The van der Waals surface area contributed by atoms with Crippen molar-refractivity contribution in [3.8, 4) is 11.5 Å². The Labute approximate surface area is 145 Å². The first kappa shape index (κ1) is 18.1. The Morgan fingerprint density at radius 2 is 1.83 bits per heavy atom. The molecule has 1 amide bonds. The maximum absolute atomic E-state index is 12.8. The van der Waals surface area contributed by atoms with Crippen molar-refractivity contribution < 1.29 is 18.7 Å². The van der Waals surface area contributed by atoms with Crippen LogP contribution in [-0.2, 0) is 4.79 Å². The number of benzene rings is 2. The highest BCUT2D eigenvalue weighted by molar-refractivity contribution is 7.99. The van der Waals surface area contributed by atoms with Crippen molar-refractivity contribution in [3.63, 3.8) is 0 Å². The predicted molar refractivity (Wildman–Crippen MR) is 93.2 cm³/mol. The third kappa shape index (κ3) is 6.12. The molecule has 0 bridgehead atoms. The summed E-state index contributed by atoms with van der Waals surface area (Å²) in [5.41, 5.74) is 0. The molecule has 2 rings (SSSR count). The van der Waals surface area contributed by atoms with Crippen LogP contribution in [0.25, 0.3) is 0 Å². The molecule has 0 saturated carbocycles. The summed E-state index contributed by atoms with van der Waals surface area (Å²) in [6.45, 7) is 0.801. The molecule has 2 aromatic rings. The van der Waals surface area contributed by atoms with Gasteiger partial charge in [0, 0.05) is 17.1 Å². The zero-order valence-electron chi connectivity index (χ0n) is 13.5. The van der Waals surface area contributed by atoms with E-state index in [2.05, 4.69) is 5.32 Å². The minimum absolute atomic E-state index is 0.0340. The van der Waals surface area contributed by atoms with E-state index < -0.39 is 0 Å². The van der Waals surface area contributed by atoms with Crippen molar-refractivity contribution in [3.05, 3.63) is 54.3 Å². The Bertz CT molecular complexity index is 649. The first-order valence-corrected chi connectivity index (χ1v) is 8.58. The van der Waals surface area contributed by atoms with Gasteiger partial charge in [-0.3, -0.25) is 4.79 Å². The normalized spacial score (nSPS) is 10.2. The van der Waals surface area contributed by atoms with Crippen LogP contribution < -0.4 is 14.8 Å². The minimum atomic E-state index is -0.257. The van der Waals surface area contributed by atoms with E-state index in [0.717, 1.165) is 4.90 Å². The molecule has 0 aliphatic carbocycles. The second kappa shape index (κ2) is 9.82. The topological polar surface area (TPSA) is 47.6 Å². The number of thioether (sulfide) groups is 1. The zero-order chi connectivity index (χ0) is 17.2. The molecule has 0 aromatic heterocycles. The number of carbonyl (C=O) groups is 1. The summed E-state index contributed by atoms with van der Waals surface area (Å²) in [4.78, 5) is 12.7. The molecule has 2 aromatic carbocycles. The van der Waals surface area contributed by atoms with Gasteiger partial charge in [0.15, 0.2) is 11.5 Å². The number of amides is 1. The van der Waals surface area contributed by atoms with Crippen molar-refractivity contribution in [2.75, 3.05) is 26.0 Å². The first-order chi connectivity index (χ1) is 11.7. The molecule has 4 nitrogen and oxygen atoms in total. The Kier molecular flexibility index (Phi) is 7.42. The zero-order valence-corrected chi connectivity index (χ0v) is 14.3. The maximum atomic E-state index is 12.8. The van der Waals surface area contributed by atoms with Gasteiger partial charge in [-0.15, -0.1) is 11.8 Å². The largest absolute Gasteiger partial charge is 0.493 e. The van der Waals surface area contributed by atoms with Gasteiger partial charge in [0.2, 0.25) is 5.91 Å². The lowest BCUT2D eigenvalue weighted by Gasteiger charge is -2.10. The van der Waals surface area contributed by atoms with Crippen LogP contribution in [0, 0.1) is 5.82 Å². The molecule has 128 valence electrons. The van der Waals surface area contributed by atoms with Crippen LogP contribution in [0.4, 0.5) is 4.39 Å². The average molecular weight is 349 g/mol. The highest BCUT2D eigenvalue weighted by Gasteiger charge is 2.04. The second-order valence-electron chi connectivity index (χ2n) is 4.90. The highest BCUT2D eigenvalue weighted by Crippen LogP contribution is 2.25. The highest BCUT2D eigenvalue weighted by atomic mass is 32.2. The molecule has 0 spiro atoms. The van der Waals surface area contributed by atoms with Crippen LogP contribution in [0.15, 0.2) is 53.4 Å². The van der Waals surface area contributed by atoms with E-state index in [1.807, 2.05) is 24.3 Å². The van der Waals surface area contributed by atoms with Crippen molar-refractivity contribution in [1.29, 1.82) is 0 Å². The smallest absolute Gasteiger partial charge is 0.220 e. The number of rotatable bonds is 9. The van der Waals surface area contributed by atoms with Crippen molar-refractivity contribution >= 4 is 17.7 Å². The van der Waals surface area contributed by atoms with E-state index in [0.29, 0.717) is 36.8 Å². The lowest BCUT2D eigenvalue weighted by molar-refractivity contribution is -0.120. The third-order valence-corrected chi connectivity index (χ3v) is 4.18. The van der Waals surface area contributed by atoms with E-state index in [-0.39, 0.29) is 11.7 Å². The molecule has 0 aliphatic rings. The van der Waals surface area contributed by atoms with E-state index in [1.165, 1.54) is 23.9 Å². The third-order valence-electron chi connectivity index (χ3n) is 3.16. The number of para-hydroxylation sites is 2. The van der Waals surface area contributed by atoms with Gasteiger partial charge < -0.3 is 14.8 Å². The van der Waals surface area contributed by atoms with Crippen molar-refractivity contribution in [2.45, 2.75) is 11.3 Å². The number of ether oxygens (including phenoxy) is 2. The van der Waals surface area contributed by atoms with Crippen molar-refractivity contribution in [1.82, 2.24) is 5.32 Å². The van der Waals surface area contributed by atoms with Gasteiger partial charge in [-0.2, -0.15) is 0 Å². The first-order valence-electron chi connectivity index (χ1n) is 7.60. The fourth-order valence-electron chi connectivity index (χ4n) is 1.97. The fourth-order valence-corrected chi connectivity index (χ4v) is 2.82. The second-order valence-corrected chi connectivity index (χ2v) is 6.07. The molecule has 6 heteroatoms. The summed E-state index contributed by atoms with van der Waals surface area (Å²) in [6, 6.07) is 13.6. The van der Waals surface area contributed by atoms with E-state index in [9.17, 15) is 9.18 Å². The maximum Gasteiger partial charge on any atom is 0.220 e. The van der Waals surface area contributed by atoms with E-state index in [4.69, 9.17) is 9.47 Å². The standard InChI is InChI=1S/C18H20FNO3S/c1-22-16-4-2-3-5-17(16)23-12-11-20-18(21)10-13-24-15-8-6-14(19)7-9-15/h2-9H,10-13H2,1H3,(H,20,21). The average Bonchev–Trinajstić information content (AvgIpc) is 2.61. The summed E-state index contributed by atoms with van der Waals surface area (Å²) in [5, 5.41) is 2.81. The van der Waals surface area contributed by atoms with Gasteiger partial charge in [0.25, 0.3) is 0 Å². The quantitative estimate of drug-likeness (QED) is 0.556. The monoisotopic (exact) mass is 349 g/mol. The van der Waals surface area contributed by atoms with Crippen LogP contribution in [0.3, 0.4) is 0 Å². The molecule has 24 heavy (non-hydrogen) atoms. The molecule has 0 saturated heterocycles. The number of nitrogens with one attached hydrogen (secondary N) is 1. The number of methoxy groups -OCH3 is 1. The molecular formula is C18H20FNO3S. The van der Waals surface area contributed by atoms with Crippen LogP contribution in [0.1, 0.15) is 6.42 Å². The van der Waals surface area contributed by atoms with Crippen LogP contribution in [0.5, 0.6) is 11.5 Å². The minimum Gasteiger partial charge on any atom is -0.493 e. The summed E-state index contributed by atoms with van der Waals surface area (Å²) >= 11 is 1.52. The number of hydrogen-bond acceptors (Lipinski definition) is 4. The fraction of sp³-hybridized carbons (Fsp3) is 0.278. The number of halogens is 1.